The number of carbonyl (C=O) groups excluding carboxylic acids is 1. The van der Waals surface area contributed by atoms with E-state index in [1.165, 1.54) is 12.8 Å². The number of nitrogens with zero attached hydrogens (tertiary/aromatic N) is 2. The molecule has 3 N–H and O–H groups in total. The van der Waals surface area contributed by atoms with Crippen LogP contribution in [-0.4, -0.2) is 56.6 Å². The number of rotatable bonds is 9. The fraction of sp³-hybridized carbons (Fsp3) is 0.417. The molecule has 2 aromatic carbocycles. The van der Waals surface area contributed by atoms with E-state index in [0.29, 0.717) is 12.5 Å². The van der Waals surface area contributed by atoms with Crippen LogP contribution in [-0.2, 0) is 4.79 Å². The molecule has 8 heteroatoms. The minimum atomic E-state index is -0.149. The molecule has 32 heavy (non-hydrogen) atoms. The zero-order valence-electron chi connectivity index (χ0n) is 18.8. The van der Waals surface area contributed by atoms with Gasteiger partial charge in [0.15, 0.2) is 5.96 Å². The maximum Gasteiger partial charge on any atom is 0.246 e. The summed E-state index contributed by atoms with van der Waals surface area (Å²) < 4.78 is 5.62. The van der Waals surface area contributed by atoms with Crippen molar-refractivity contribution in [1.29, 1.82) is 0 Å². The van der Waals surface area contributed by atoms with Crippen molar-refractivity contribution in [2.24, 2.45) is 4.99 Å². The Morgan fingerprint density at radius 2 is 1.75 bits per heavy atom. The first kappa shape index (κ1) is 25.9. The first-order valence-electron chi connectivity index (χ1n) is 10.9. The topological polar surface area (TPSA) is 78.0 Å². The van der Waals surface area contributed by atoms with E-state index in [1.54, 1.807) is 7.11 Å². The summed E-state index contributed by atoms with van der Waals surface area (Å²) in [4.78, 5) is 19.2. The van der Waals surface area contributed by atoms with Gasteiger partial charge in [0.25, 0.3) is 0 Å². The molecule has 3 rings (SSSR count). The van der Waals surface area contributed by atoms with Crippen LogP contribution in [0, 0.1) is 0 Å². The van der Waals surface area contributed by atoms with Crippen molar-refractivity contribution in [3.05, 3.63) is 60.2 Å². The van der Waals surface area contributed by atoms with Crippen molar-refractivity contribution >= 4 is 41.5 Å². The van der Waals surface area contributed by atoms with Crippen molar-refractivity contribution in [2.75, 3.05) is 45.2 Å². The van der Waals surface area contributed by atoms with E-state index >= 15 is 0 Å². The summed E-state index contributed by atoms with van der Waals surface area (Å²) in [5.74, 6) is 1.37. The summed E-state index contributed by atoms with van der Waals surface area (Å²) in [5, 5.41) is 9.53. The van der Waals surface area contributed by atoms with Gasteiger partial charge in [-0.25, -0.2) is 4.99 Å². The predicted molar refractivity (Wildman–Crippen MR) is 141 cm³/mol. The lowest BCUT2D eigenvalue weighted by Crippen LogP contribution is -2.43. The van der Waals surface area contributed by atoms with Gasteiger partial charge in [0.1, 0.15) is 12.3 Å². The number of benzene rings is 2. The SMILES string of the molecule is CCNC(=NCC(=O)Nc1ccccc1)NCC(c1ccccc1OC)N1CCCC1.I. The van der Waals surface area contributed by atoms with Gasteiger partial charge in [-0.2, -0.15) is 0 Å². The highest BCUT2D eigenvalue weighted by atomic mass is 127. The van der Waals surface area contributed by atoms with Gasteiger partial charge in [0.05, 0.1) is 13.2 Å². The van der Waals surface area contributed by atoms with Gasteiger partial charge in [-0.15, -0.1) is 24.0 Å². The summed E-state index contributed by atoms with van der Waals surface area (Å²) in [6, 6.07) is 17.8. The molecule has 0 bridgehead atoms. The maximum absolute atomic E-state index is 12.3. The number of hydrogen-bond acceptors (Lipinski definition) is 4. The molecule has 1 fully saturated rings. The number of aliphatic imine (C=N–C) groups is 1. The van der Waals surface area contributed by atoms with Crippen LogP contribution in [0.5, 0.6) is 5.75 Å². The fourth-order valence-corrected chi connectivity index (χ4v) is 3.84. The number of anilines is 1. The Bertz CT molecular complexity index is 856. The van der Waals surface area contributed by atoms with E-state index in [1.807, 2.05) is 55.5 Å². The zero-order valence-corrected chi connectivity index (χ0v) is 21.2. The average Bonchev–Trinajstić information content (AvgIpc) is 3.33. The van der Waals surface area contributed by atoms with Gasteiger partial charge in [-0.1, -0.05) is 36.4 Å². The number of amides is 1. The van der Waals surface area contributed by atoms with Crippen molar-refractivity contribution in [1.82, 2.24) is 15.5 Å². The smallest absolute Gasteiger partial charge is 0.246 e. The molecule has 1 aliphatic rings. The Morgan fingerprint density at radius 1 is 1.06 bits per heavy atom. The number of para-hydroxylation sites is 2. The number of carbonyl (C=O) groups is 1. The van der Waals surface area contributed by atoms with Crippen LogP contribution in [0.1, 0.15) is 31.4 Å². The highest BCUT2D eigenvalue weighted by molar-refractivity contribution is 14.0. The van der Waals surface area contributed by atoms with E-state index in [-0.39, 0.29) is 42.5 Å². The fourth-order valence-electron chi connectivity index (χ4n) is 3.84. The Morgan fingerprint density at radius 3 is 2.44 bits per heavy atom. The molecule has 0 radical (unpaired) electrons. The number of guanidine groups is 1. The summed E-state index contributed by atoms with van der Waals surface area (Å²) in [7, 11) is 1.71. The minimum absolute atomic E-state index is 0. The molecule has 0 saturated carbocycles. The summed E-state index contributed by atoms with van der Waals surface area (Å²) >= 11 is 0. The highest BCUT2D eigenvalue weighted by Crippen LogP contribution is 2.31. The van der Waals surface area contributed by atoms with E-state index in [0.717, 1.165) is 36.6 Å². The number of nitrogens with one attached hydrogen (secondary N) is 3. The number of ether oxygens (including phenoxy) is 1. The highest BCUT2D eigenvalue weighted by Gasteiger charge is 2.26. The molecular weight excluding hydrogens is 517 g/mol. The van der Waals surface area contributed by atoms with Crippen LogP contribution in [0.3, 0.4) is 0 Å². The van der Waals surface area contributed by atoms with Crippen LogP contribution in [0.4, 0.5) is 5.69 Å². The first-order chi connectivity index (χ1) is 15.2. The van der Waals surface area contributed by atoms with Gasteiger partial charge >= 0.3 is 0 Å². The van der Waals surface area contributed by atoms with E-state index in [9.17, 15) is 4.79 Å². The van der Waals surface area contributed by atoms with Gasteiger partial charge in [-0.3, -0.25) is 9.69 Å². The third-order valence-electron chi connectivity index (χ3n) is 5.32. The number of halogens is 1. The second-order valence-corrected chi connectivity index (χ2v) is 7.49. The quantitative estimate of drug-likeness (QED) is 0.252. The van der Waals surface area contributed by atoms with Crippen LogP contribution < -0.4 is 20.7 Å². The van der Waals surface area contributed by atoms with Crippen LogP contribution >= 0.6 is 24.0 Å². The molecule has 1 heterocycles. The Hall–Kier alpha value is -2.33. The van der Waals surface area contributed by atoms with E-state index in [2.05, 4.69) is 31.9 Å². The molecule has 1 amide bonds. The standard InChI is InChI=1S/C24H33N5O2.HI/c1-3-25-24(27-18-23(30)28-19-11-5-4-6-12-19)26-17-21(29-15-9-10-16-29)20-13-7-8-14-22(20)31-2;/h4-8,11-14,21H,3,9-10,15-18H2,1-2H3,(H,28,30)(H2,25,26,27);1H. The van der Waals surface area contributed by atoms with Crippen molar-refractivity contribution in [3.63, 3.8) is 0 Å². The van der Waals surface area contributed by atoms with Crippen molar-refractivity contribution in [2.45, 2.75) is 25.8 Å². The lowest BCUT2D eigenvalue weighted by atomic mass is 10.0. The molecule has 0 spiro atoms. The third-order valence-corrected chi connectivity index (χ3v) is 5.32. The second-order valence-electron chi connectivity index (χ2n) is 7.49. The molecule has 0 aliphatic carbocycles. The summed E-state index contributed by atoms with van der Waals surface area (Å²) in [5.41, 5.74) is 1.93. The zero-order chi connectivity index (χ0) is 21.9. The molecule has 1 atom stereocenters. The van der Waals surface area contributed by atoms with Crippen LogP contribution in [0.25, 0.3) is 0 Å². The third kappa shape index (κ3) is 7.67. The Labute approximate surface area is 208 Å². The van der Waals surface area contributed by atoms with E-state index in [4.69, 9.17) is 4.74 Å². The lowest BCUT2D eigenvalue weighted by molar-refractivity contribution is -0.114. The predicted octanol–water partition coefficient (Wildman–Crippen LogP) is 3.64. The summed E-state index contributed by atoms with van der Waals surface area (Å²) in [6.07, 6.45) is 2.42. The molecule has 1 saturated heterocycles. The molecular formula is C24H34IN5O2. The number of likely N-dealkylation sites (tertiary alicyclic amines) is 1. The largest absolute Gasteiger partial charge is 0.496 e. The Balaban J connectivity index is 0.00000363. The van der Waals surface area contributed by atoms with Crippen molar-refractivity contribution in [3.8, 4) is 5.75 Å². The maximum atomic E-state index is 12.3. The van der Waals surface area contributed by atoms with E-state index < -0.39 is 0 Å². The minimum Gasteiger partial charge on any atom is -0.496 e. The normalized spacial score (nSPS) is 14.9. The first-order valence-corrected chi connectivity index (χ1v) is 10.9. The number of methoxy groups -OCH3 is 1. The van der Waals surface area contributed by atoms with Crippen molar-refractivity contribution < 1.29 is 9.53 Å². The second kappa shape index (κ2) is 13.9. The van der Waals surface area contributed by atoms with Gasteiger partial charge in [0.2, 0.25) is 5.91 Å². The van der Waals surface area contributed by atoms with Gasteiger partial charge < -0.3 is 20.7 Å². The monoisotopic (exact) mass is 551 g/mol. The molecule has 2 aromatic rings. The molecule has 1 unspecified atom stereocenters. The van der Waals surface area contributed by atoms with Crippen LogP contribution in [0.2, 0.25) is 0 Å². The molecule has 0 aromatic heterocycles. The average molecular weight is 551 g/mol. The Kier molecular flexibility index (Phi) is 11.3. The molecule has 1 aliphatic heterocycles. The summed E-state index contributed by atoms with van der Waals surface area (Å²) in [6.45, 7) is 5.59. The lowest BCUT2D eigenvalue weighted by Gasteiger charge is -2.30. The van der Waals surface area contributed by atoms with Crippen LogP contribution in [0.15, 0.2) is 59.6 Å². The van der Waals surface area contributed by atoms with Gasteiger partial charge in [0, 0.05) is 24.3 Å². The molecule has 7 nitrogen and oxygen atoms in total. The number of hydrogen-bond donors (Lipinski definition) is 3. The van der Waals surface area contributed by atoms with Gasteiger partial charge in [-0.05, 0) is 51.1 Å². The molecule has 174 valence electrons.